The van der Waals surface area contributed by atoms with Gasteiger partial charge in [-0.15, -0.1) is 5.10 Å². The summed E-state index contributed by atoms with van der Waals surface area (Å²) in [6.45, 7) is 2.09. The Bertz CT molecular complexity index is 389. The lowest BCUT2D eigenvalue weighted by atomic mass is 10.3. The highest BCUT2D eigenvalue weighted by Crippen LogP contribution is 2.18. The Morgan fingerprint density at radius 1 is 1.73 bits per heavy atom. The number of hydrogen-bond acceptors (Lipinski definition) is 6. The monoisotopic (exact) mass is 223 g/mol. The van der Waals surface area contributed by atoms with Crippen molar-refractivity contribution in [1.82, 2.24) is 10.2 Å². The molecule has 1 aromatic rings. The van der Waals surface area contributed by atoms with Crippen molar-refractivity contribution < 1.29 is 9.53 Å². The average molecular weight is 223 g/mol. The highest BCUT2D eigenvalue weighted by molar-refractivity contribution is 7.99. The first-order valence-electron chi connectivity index (χ1n) is 4.28. The second-order valence-corrected chi connectivity index (χ2v) is 3.42. The molecule has 0 spiro atoms. The van der Waals surface area contributed by atoms with Crippen molar-refractivity contribution in [3.05, 3.63) is 17.8 Å². The maximum Gasteiger partial charge on any atom is 0.316 e. The standard InChI is InChI=1S/C9H9N3O2S/c1-2-14-8(13)6-15-9-7(5-10)3-4-11-12-9/h3-4H,2,6H2,1H3. The first-order chi connectivity index (χ1) is 7.27. The van der Waals surface area contributed by atoms with Gasteiger partial charge in [-0.2, -0.15) is 10.4 Å². The number of nitriles is 1. The zero-order chi connectivity index (χ0) is 11.1. The Hall–Kier alpha value is -1.61. The molecule has 1 aromatic heterocycles. The Labute approximate surface area is 91.5 Å². The van der Waals surface area contributed by atoms with E-state index < -0.39 is 0 Å². The van der Waals surface area contributed by atoms with E-state index in [1.807, 2.05) is 6.07 Å². The zero-order valence-corrected chi connectivity index (χ0v) is 8.95. The van der Waals surface area contributed by atoms with Gasteiger partial charge < -0.3 is 4.74 Å². The minimum Gasteiger partial charge on any atom is -0.465 e. The largest absolute Gasteiger partial charge is 0.465 e. The van der Waals surface area contributed by atoms with Gasteiger partial charge in [0, 0.05) is 0 Å². The van der Waals surface area contributed by atoms with Gasteiger partial charge in [0.2, 0.25) is 0 Å². The molecule has 1 heterocycles. The molecule has 0 saturated carbocycles. The summed E-state index contributed by atoms with van der Waals surface area (Å²) in [5, 5.41) is 16.6. The number of ether oxygens (including phenoxy) is 1. The summed E-state index contributed by atoms with van der Waals surface area (Å²) in [6.07, 6.45) is 1.44. The smallest absolute Gasteiger partial charge is 0.316 e. The molecule has 78 valence electrons. The number of thioether (sulfide) groups is 1. The summed E-state index contributed by atoms with van der Waals surface area (Å²) in [6, 6.07) is 3.53. The number of carbonyl (C=O) groups is 1. The van der Waals surface area contributed by atoms with Crippen LogP contribution in [0.25, 0.3) is 0 Å². The fourth-order valence-electron chi connectivity index (χ4n) is 0.840. The van der Waals surface area contributed by atoms with Crippen LogP contribution < -0.4 is 0 Å². The number of hydrogen-bond donors (Lipinski definition) is 0. The SMILES string of the molecule is CCOC(=O)CSc1nnccc1C#N. The van der Waals surface area contributed by atoms with E-state index in [0.717, 1.165) is 11.8 Å². The second kappa shape index (κ2) is 5.98. The van der Waals surface area contributed by atoms with E-state index in [-0.39, 0.29) is 11.7 Å². The molecule has 0 aliphatic rings. The highest BCUT2D eigenvalue weighted by Gasteiger charge is 2.08. The highest BCUT2D eigenvalue weighted by atomic mass is 32.2. The molecule has 6 heteroatoms. The van der Waals surface area contributed by atoms with Crippen LogP contribution in [0.2, 0.25) is 0 Å². The number of nitrogens with zero attached hydrogens (tertiary/aromatic N) is 3. The Morgan fingerprint density at radius 3 is 3.20 bits per heavy atom. The first-order valence-corrected chi connectivity index (χ1v) is 5.26. The summed E-state index contributed by atoms with van der Waals surface area (Å²) < 4.78 is 4.75. The predicted molar refractivity (Wildman–Crippen MR) is 54.1 cm³/mol. The van der Waals surface area contributed by atoms with Gasteiger partial charge in [0.25, 0.3) is 0 Å². The summed E-state index contributed by atoms with van der Waals surface area (Å²) >= 11 is 1.15. The normalized spacial score (nSPS) is 9.33. The van der Waals surface area contributed by atoms with Crippen LogP contribution >= 0.6 is 11.8 Å². The molecule has 0 unspecified atom stereocenters. The van der Waals surface area contributed by atoms with Crippen LogP contribution in [0.15, 0.2) is 17.3 Å². The quantitative estimate of drug-likeness (QED) is 0.560. The second-order valence-electron chi connectivity index (χ2n) is 2.46. The van der Waals surface area contributed by atoms with Crippen molar-refractivity contribution in [2.75, 3.05) is 12.4 Å². The maximum atomic E-state index is 11.0. The van der Waals surface area contributed by atoms with Crippen LogP contribution in [0, 0.1) is 11.3 Å². The topological polar surface area (TPSA) is 75.9 Å². The molecule has 0 aliphatic carbocycles. The molecule has 0 aromatic carbocycles. The van der Waals surface area contributed by atoms with Gasteiger partial charge in [-0.25, -0.2) is 0 Å². The Kier molecular flexibility index (Phi) is 4.57. The van der Waals surface area contributed by atoms with Gasteiger partial charge in [-0.05, 0) is 13.0 Å². The minimum atomic E-state index is -0.322. The molecule has 0 fully saturated rings. The van der Waals surface area contributed by atoms with E-state index in [1.54, 1.807) is 13.0 Å². The van der Waals surface area contributed by atoms with Crippen molar-refractivity contribution in [2.45, 2.75) is 11.9 Å². The fraction of sp³-hybridized carbons (Fsp3) is 0.333. The molecule has 0 saturated heterocycles. The van der Waals surface area contributed by atoms with Crippen LogP contribution in [0.3, 0.4) is 0 Å². The van der Waals surface area contributed by atoms with Gasteiger partial charge in [-0.1, -0.05) is 11.8 Å². The summed E-state index contributed by atoms with van der Waals surface area (Å²) in [4.78, 5) is 11.0. The molecule has 0 aliphatic heterocycles. The van der Waals surface area contributed by atoms with E-state index in [4.69, 9.17) is 10.00 Å². The van der Waals surface area contributed by atoms with Crippen molar-refractivity contribution in [3.63, 3.8) is 0 Å². The summed E-state index contributed by atoms with van der Waals surface area (Å²) in [5.74, 6) is -0.182. The molecule has 0 amide bonds. The van der Waals surface area contributed by atoms with E-state index >= 15 is 0 Å². The van der Waals surface area contributed by atoms with Gasteiger partial charge in [0.05, 0.1) is 24.1 Å². The summed E-state index contributed by atoms with van der Waals surface area (Å²) in [7, 11) is 0. The number of carbonyl (C=O) groups excluding carboxylic acids is 1. The number of rotatable bonds is 4. The van der Waals surface area contributed by atoms with E-state index in [2.05, 4.69) is 10.2 Å². The first kappa shape index (κ1) is 11.5. The van der Waals surface area contributed by atoms with Crippen molar-refractivity contribution in [1.29, 1.82) is 5.26 Å². The fourth-order valence-corrected chi connectivity index (χ4v) is 1.55. The third-order valence-corrected chi connectivity index (χ3v) is 2.39. The molecule has 0 bridgehead atoms. The third kappa shape index (κ3) is 3.56. The molecular weight excluding hydrogens is 214 g/mol. The van der Waals surface area contributed by atoms with Gasteiger partial charge >= 0.3 is 5.97 Å². The van der Waals surface area contributed by atoms with Crippen molar-refractivity contribution in [3.8, 4) is 6.07 Å². The number of aromatic nitrogens is 2. The van der Waals surface area contributed by atoms with Gasteiger partial charge in [-0.3, -0.25) is 4.79 Å². The van der Waals surface area contributed by atoms with Crippen LogP contribution in [-0.4, -0.2) is 28.5 Å². The number of esters is 1. The summed E-state index contributed by atoms with van der Waals surface area (Å²) in [5.41, 5.74) is 0.416. The van der Waals surface area contributed by atoms with Crippen LogP contribution in [0.1, 0.15) is 12.5 Å². The molecule has 0 N–H and O–H groups in total. The Morgan fingerprint density at radius 2 is 2.53 bits per heavy atom. The minimum absolute atomic E-state index is 0.140. The van der Waals surface area contributed by atoms with Crippen LogP contribution in [-0.2, 0) is 9.53 Å². The average Bonchev–Trinajstić information content (AvgIpc) is 2.27. The molecule has 0 atom stereocenters. The lowest BCUT2D eigenvalue weighted by Gasteiger charge is -2.01. The van der Waals surface area contributed by atoms with Crippen LogP contribution in [0.4, 0.5) is 0 Å². The lowest BCUT2D eigenvalue weighted by molar-refractivity contribution is -0.139. The van der Waals surface area contributed by atoms with Gasteiger partial charge in [0.15, 0.2) is 0 Å². The molecular formula is C9H9N3O2S. The lowest BCUT2D eigenvalue weighted by Crippen LogP contribution is -2.07. The molecule has 1 rings (SSSR count). The van der Waals surface area contributed by atoms with E-state index in [1.165, 1.54) is 6.20 Å². The van der Waals surface area contributed by atoms with E-state index in [9.17, 15) is 4.79 Å². The van der Waals surface area contributed by atoms with Crippen LogP contribution in [0.5, 0.6) is 0 Å². The van der Waals surface area contributed by atoms with Gasteiger partial charge in [0.1, 0.15) is 11.1 Å². The van der Waals surface area contributed by atoms with Crippen molar-refractivity contribution >= 4 is 17.7 Å². The molecule has 5 nitrogen and oxygen atoms in total. The zero-order valence-electron chi connectivity index (χ0n) is 8.14. The maximum absolute atomic E-state index is 11.0. The molecule has 0 radical (unpaired) electrons. The van der Waals surface area contributed by atoms with E-state index in [0.29, 0.717) is 17.2 Å². The third-order valence-electron chi connectivity index (χ3n) is 1.44. The predicted octanol–water partition coefficient (Wildman–Crippen LogP) is 1.00. The van der Waals surface area contributed by atoms with Crippen molar-refractivity contribution in [2.24, 2.45) is 0 Å². The Balaban J connectivity index is 2.58. The molecule has 15 heavy (non-hydrogen) atoms.